The van der Waals surface area contributed by atoms with Crippen LogP contribution in [0.2, 0.25) is 10.0 Å². The number of rotatable bonds is 6. The van der Waals surface area contributed by atoms with Gasteiger partial charge in [0.2, 0.25) is 11.8 Å². The fourth-order valence-corrected chi connectivity index (χ4v) is 4.36. The molecule has 1 aliphatic rings. The first-order chi connectivity index (χ1) is 15.9. The molecule has 1 fully saturated rings. The van der Waals surface area contributed by atoms with E-state index in [1.807, 2.05) is 35.2 Å². The van der Waals surface area contributed by atoms with Crippen molar-refractivity contribution in [3.63, 3.8) is 0 Å². The maximum absolute atomic E-state index is 12.9. The van der Waals surface area contributed by atoms with Gasteiger partial charge in [0, 0.05) is 15.7 Å². The highest BCUT2D eigenvalue weighted by Gasteiger charge is 2.32. The van der Waals surface area contributed by atoms with Gasteiger partial charge in [-0.2, -0.15) is 10.4 Å². The second-order valence-electron chi connectivity index (χ2n) is 7.59. The summed E-state index contributed by atoms with van der Waals surface area (Å²) >= 11 is 12.0. The van der Waals surface area contributed by atoms with Crippen molar-refractivity contribution in [1.82, 2.24) is 14.7 Å². The van der Waals surface area contributed by atoms with Gasteiger partial charge >= 0.3 is 0 Å². The van der Waals surface area contributed by atoms with Gasteiger partial charge in [0.05, 0.1) is 24.5 Å². The number of nitriles is 1. The van der Waals surface area contributed by atoms with Crippen molar-refractivity contribution in [2.45, 2.75) is 18.9 Å². The lowest BCUT2D eigenvalue weighted by Gasteiger charge is -2.23. The third-order valence-corrected chi connectivity index (χ3v) is 5.73. The minimum Gasteiger partial charge on any atom is -0.325 e. The van der Waals surface area contributed by atoms with Crippen molar-refractivity contribution >= 4 is 46.5 Å². The van der Waals surface area contributed by atoms with Crippen molar-refractivity contribution in [2.75, 3.05) is 23.7 Å². The first-order valence-electron chi connectivity index (χ1n) is 10.3. The van der Waals surface area contributed by atoms with Crippen LogP contribution in [0.3, 0.4) is 0 Å². The Morgan fingerprint density at radius 2 is 1.85 bits per heavy atom. The lowest BCUT2D eigenvalue weighted by molar-refractivity contribution is -0.122. The molecule has 4 rings (SSSR count). The second-order valence-corrected chi connectivity index (χ2v) is 8.46. The molecule has 10 heteroatoms. The molecule has 0 bridgehead atoms. The summed E-state index contributed by atoms with van der Waals surface area (Å²) < 4.78 is 1.51. The van der Waals surface area contributed by atoms with Crippen molar-refractivity contribution in [3.8, 4) is 11.8 Å². The van der Waals surface area contributed by atoms with E-state index in [1.165, 1.54) is 10.9 Å². The summed E-state index contributed by atoms with van der Waals surface area (Å²) in [5, 5.41) is 20.1. The molecule has 33 heavy (non-hydrogen) atoms. The van der Waals surface area contributed by atoms with Crippen LogP contribution in [0.15, 0.2) is 54.7 Å². The number of amides is 2. The summed E-state index contributed by atoms with van der Waals surface area (Å²) in [5.74, 6) is -0.275. The van der Waals surface area contributed by atoms with E-state index >= 15 is 0 Å². The van der Waals surface area contributed by atoms with Gasteiger partial charge in [-0.05, 0) is 49.7 Å². The number of nitrogens with zero attached hydrogens (tertiary/aromatic N) is 4. The molecule has 2 N–H and O–H groups in total. The van der Waals surface area contributed by atoms with Gasteiger partial charge in [0.15, 0.2) is 5.82 Å². The van der Waals surface area contributed by atoms with Gasteiger partial charge < -0.3 is 10.6 Å². The number of halogens is 2. The van der Waals surface area contributed by atoms with Crippen LogP contribution in [0.1, 0.15) is 18.4 Å². The van der Waals surface area contributed by atoms with Gasteiger partial charge in [0.25, 0.3) is 0 Å². The fraction of sp³-hybridized carbons (Fsp3) is 0.217. The number of carbonyl (C=O) groups is 2. The van der Waals surface area contributed by atoms with E-state index in [2.05, 4.69) is 21.8 Å². The van der Waals surface area contributed by atoms with Gasteiger partial charge in [-0.15, -0.1) is 0 Å². The third-order valence-electron chi connectivity index (χ3n) is 5.29. The predicted octanol–water partition coefficient (Wildman–Crippen LogP) is 4.09. The maximum Gasteiger partial charge on any atom is 0.241 e. The number of nitrogens with one attached hydrogen (secondary N) is 2. The Hall–Kier alpha value is -3.38. The summed E-state index contributed by atoms with van der Waals surface area (Å²) in [6, 6.07) is 15.6. The van der Waals surface area contributed by atoms with E-state index in [9.17, 15) is 14.9 Å². The second kappa shape index (κ2) is 10.0. The molecule has 1 aliphatic heterocycles. The Balaban J connectivity index is 1.45. The van der Waals surface area contributed by atoms with E-state index in [1.54, 1.807) is 18.2 Å². The zero-order valence-electron chi connectivity index (χ0n) is 17.5. The topological polar surface area (TPSA) is 103 Å². The highest BCUT2D eigenvalue weighted by molar-refractivity contribution is 6.35. The molecule has 168 valence electrons. The van der Waals surface area contributed by atoms with E-state index in [-0.39, 0.29) is 23.9 Å². The lowest BCUT2D eigenvalue weighted by Crippen LogP contribution is -2.43. The predicted molar refractivity (Wildman–Crippen MR) is 127 cm³/mol. The quantitative estimate of drug-likeness (QED) is 0.550. The molecule has 3 aromatic rings. The van der Waals surface area contributed by atoms with Crippen LogP contribution in [-0.2, 0) is 9.59 Å². The average Bonchev–Trinajstić information content (AvgIpc) is 3.40. The number of benzene rings is 2. The first kappa shape index (κ1) is 22.8. The Labute approximate surface area is 200 Å². The molecule has 2 heterocycles. The monoisotopic (exact) mass is 482 g/mol. The number of likely N-dealkylation sites (tertiary alicyclic amines) is 1. The smallest absolute Gasteiger partial charge is 0.241 e. The number of hydrogen-bond acceptors (Lipinski definition) is 5. The molecular weight excluding hydrogens is 463 g/mol. The summed E-state index contributed by atoms with van der Waals surface area (Å²) in [6.07, 6.45) is 2.82. The van der Waals surface area contributed by atoms with Crippen LogP contribution in [-0.4, -0.2) is 45.6 Å². The highest BCUT2D eigenvalue weighted by atomic mass is 35.5. The normalized spacial score (nSPS) is 15.7. The number of anilines is 2. The largest absolute Gasteiger partial charge is 0.325 e. The maximum atomic E-state index is 12.9. The molecular formula is C23H20Cl2N6O2. The Bertz CT molecular complexity index is 1200. The molecule has 0 saturated carbocycles. The van der Waals surface area contributed by atoms with Gasteiger partial charge in [0.1, 0.15) is 11.6 Å². The molecule has 1 unspecified atom stereocenters. The van der Waals surface area contributed by atoms with Crippen molar-refractivity contribution in [1.29, 1.82) is 5.26 Å². The summed E-state index contributed by atoms with van der Waals surface area (Å²) in [6.45, 7) is 0.601. The molecule has 2 amide bonds. The number of aromatic nitrogens is 2. The van der Waals surface area contributed by atoms with Crippen molar-refractivity contribution in [2.24, 2.45) is 0 Å². The standard InChI is InChI=1S/C23H20Cl2N6O2/c24-16-9-17(25)11-18(10-16)28-23(33)20-7-4-8-30(20)14-21(32)29-22-15(12-26)13-27-31(22)19-5-2-1-3-6-19/h1-3,5-6,9-11,13,20H,4,7-8,14H2,(H,28,33)(H,29,32). The van der Waals surface area contributed by atoms with Crippen LogP contribution in [0.5, 0.6) is 0 Å². The Morgan fingerprint density at radius 1 is 1.12 bits per heavy atom. The molecule has 0 aliphatic carbocycles. The molecule has 8 nitrogen and oxygen atoms in total. The summed E-state index contributed by atoms with van der Waals surface area (Å²) in [5.41, 5.74) is 1.47. The number of carbonyl (C=O) groups excluding carboxylic acids is 2. The van der Waals surface area contributed by atoms with Crippen LogP contribution >= 0.6 is 23.2 Å². The molecule has 0 spiro atoms. The molecule has 1 aromatic heterocycles. The average molecular weight is 483 g/mol. The van der Waals surface area contributed by atoms with E-state index in [0.29, 0.717) is 40.2 Å². The molecule has 1 saturated heterocycles. The molecule has 1 atom stereocenters. The summed E-state index contributed by atoms with van der Waals surface area (Å²) in [4.78, 5) is 27.5. The minimum atomic E-state index is -0.469. The molecule has 2 aromatic carbocycles. The van der Waals surface area contributed by atoms with Crippen LogP contribution in [0, 0.1) is 11.3 Å². The van der Waals surface area contributed by atoms with Crippen LogP contribution < -0.4 is 10.6 Å². The zero-order valence-corrected chi connectivity index (χ0v) is 19.0. The zero-order chi connectivity index (χ0) is 23.4. The van der Waals surface area contributed by atoms with E-state index < -0.39 is 6.04 Å². The van der Waals surface area contributed by atoms with Crippen molar-refractivity contribution in [3.05, 3.63) is 70.3 Å². The SMILES string of the molecule is N#Cc1cnn(-c2ccccc2)c1NC(=O)CN1CCCC1C(=O)Nc1cc(Cl)cc(Cl)c1. The van der Waals surface area contributed by atoms with E-state index in [4.69, 9.17) is 23.2 Å². The number of hydrogen-bond donors (Lipinski definition) is 2. The van der Waals surface area contributed by atoms with Crippen molar-refractivity contribution < 1.29 is 9.59 Å². The van der Waals surface area contributed by atoms with Crippen LogP contribution in [0.25, 0.3) is 5.69 Å². The third kappa shape index (κ3) is 5.34. The minimum absolute atomic E-state index is 0.000767. The first-order valence-corrected chi connectivity index (χ1v) is 11.0. The summed E-state index contributed by atoms with van der Waals surface area (Å²) in [7, 11) is 0. The van der Waals surface area contributed by atoms with Crippen LogP contribution in [0.4, 0.5) is 11.5 Å². The van der Waals surface area contributed by atoms with Gasteiger partial charge in [-0.3, -0.25) is 14.5 Å². The van der Waals surface area contributed by atoms with Gasteiger partial charge in [-0.1, -0.05) is 41.4 Å². The fourth-order valence-electron chi connectivity index (χ4n) is 3.84. The number of para-hydroxylation sites is 1. The highest BCUT2D eigenvalue weighted by Crippen LogP contribution is 2.25. The lowest BCUT2D eigenvalue weighted by atomic mass is 10.2. The molecule has 0 radical (unpaired) electrons. The van der Waals surface area contributed by atoms with E-state index in [0.717, 1.165) is 6.42 Å². The van der Waals surface area contributed by atoms with Gasteiger partial charge in [-0.25, -0.2) is 4.68 Å². The Morgan fingerprint density at radius 3 is 2.55 bits per heavy atom. The Kier molecular flexibility index (Phi) is 6.94.